The van der Waals surface area contributed by atoms with E-state index in [4.69, 9.17) is 0 Å². The van der Waals surface area contributed by atoms with Crippen LogP contribution in [0.25, 0.3) is 0 Å². The molecule has 1 aliphatic carbocycles. The first-order chi connectivity index (χ1) is 10.1. The monoisotopic (exact) mass is 285 g/mol. The van der Waals surface area contributed by atoms with Crippen LogP contribution in [0.4, 0.5) is 0 Å². The second-order valence-electron chi connectivity index (χ2n) is 7.79. The Morgan fingerprint density at radius 3 is 2.43 bits per heavy atom. The van der Waals surface area contributed by atoms with Gasteiger partial charge in [0.15, 0.2) is 0 Å². The molecule has 1 aliphatic heterocycles. The summed E-state index contributed by atoms with van der Waals surface area (Å²) in [6.07, 6.45) is 8.17. The van der Waals surface area contributed by atoms with Gasteiger partial charge in [0.2, 0.25) is 0 Å². The van der Waals surface area contributed by atoms with Gasteiger partial charge in [0.05, 0.1) is 0 Å². The maximum absolute atomic E-state index is 2.74. The third-order valence-electron chi connectivity index (χ3n) is 6.00. The molecule has 3 rings (SSSR count). The molecule has 1 atom stereocenters. The van der Waals surface area contributed by atoms with Crippen molar-refractivity contribution in [3.05, 3.63) is 35.4 Å². The molecule has 0 bridgehead atoms. The van der Waals surface area contributed by atoms with E-state index in [0.29, 0.717) is 5.41 Å². The Balaban J connectivity index is 1.61. The van der Waals surface area contributed by atoms with E-state index in [-0.39, 0.29) is 0 Å². The minimum Gasteiger partial charge on any atom is -0.301 e. The molecule has 1 fully saturated rings. The molecule has 116 valence electrons. The van der Waals surface area contributed by atoms with Gasteiger partial charge >= 0.3 is 0 Å². The minimum atomic E-state index is 0.519. The van der Waals surface area contributed by atoms with E-state index >= 15 is 0 Å². The summed E-state index contributed by atoms with van der Waals surface area (Å²) in [5, 5.41) is 0. The number of benzene rings is 1. The van der Waals surface area contributed by atoms with Crippen LogP contribution in [0, 0.1) is 5.92 Å². The highest BCUT2D eigenvalue weighted by Gasteiger charge is 2.41. The Kier molecular flexibility index (Phi) is 4.40. The smallest absolute Gasteiger partial charge is 0.00670 e. The summed E-state index contributed by atoms with van der Waals surface area (Å²) < 4.78 is 0. The molecular formula is C20H31N. The Morgan fingerprint density at radius 1 is 1.00 bits per heavy atom. The molecule has 0 aromatic heterocycles. The molecule has 0 N–H and O–H groups in total. The fourth-order valence-electron chi connectivity index (χ4n) is 4.43. The van der Waals surface area contributed by atoms with Crippen LogP contribution in [0.15, 0.2) is 24.3 Å². The normalized spacial score (nSPS) is 22.7. The molecule has 0 saturated carbocycles. The van der Waals surface area contributed by atoms with E-state index in [0.717, 1.165) is 12.0 Å². The molecule has 1 saturated heterocycles. The molecule has 0 radical (unpaired) electrons. The van der Waals surface area contributed by atoms with Crippen molar-refractivity contribution in [1.82, 2.24) is 4.90 Å². The van der Waals surface area contributed by atoms with Gasteiger partial charge in [0.1, 0.15) is 0 Å². The predicted molar refractivity (Wildman–Crippen MR) is 90.8 cm³/mol. The van der Waals surface area contributed by atoms with Crippen molar-refractivity contribution in [3.8, 4) is 0 Å². The van der Waals surface area contributed by atoms with Gasteiger partial charge in [-0.25, -0.2) is 0 Å². The van der Waals surface area contributed by atoms with Crippen molar-refractivity contribution >= 4 is 0 Å². The van der Waals surface area contributed by atoms with E-state index in [1.165, 1.54) is 51.6 Å². The first kappa shape index (κ1) is 15.1. The average Bonchev–Trinajstić information content (AvgIpc) is 2.85. The van der Waals surface area contributed by atoms with Gasteiger partial charge < -0.3 is 4.90 Å². The third-order valence-corrected chi connectivity index (χ3v) is 6.00. The van der Waals surface area contributed by atoms with Crippen LogP contribution < -0.4 is 0 Å². The first-order valence-electron chi connectivity index (χ1n) is 8.93. The van der Waals surface area contributed by atoms with Crippen LogP contribution in [0.2, 0.25) is 0 Å². The zero-order chi connectivity index (χ0) is 14.9. The van der Waals surface area contributed by atoms with Crippen LogP contribution in [-0.2, 0) is 11.8 Å². The zero-order valence-corrected chi connectivity index (χ0v) is 14.1. The second-order valence-corrected chi connectivity index (χ2v) is 7.79. The lowest BCUT2D eigenvalue weighted by atomic mass is 9.73. The zero-order valence-electron chi connectivity index (χ0n) is 14.1. The van der Waals surface area contributed by atoms with Gasteiger partial charge in [-0.15, -0.1) is 0 Å². The predicted octanol–water partition coefficient (Wildman–Crippen LogP) is 4.79. The number of rotatable bonds is 4. The average molecular weight is 285 g/mol. The fraction of sp³-hybridized carbons (Fsp3) is 0.700. The van der Waals surface area contributed by atoms with Crippen molar-refractivity contribution in [2.75, 3.05) is 13.1 Å². The quantitative estimate of drug-likeness (QED) is 0.768. The molecule has 1 nitrogen and oxygen atoms in total. The largest absolute Gasteiger partial charge is 0.301 e. The topological polar surface area (TPSA) is 3.24 Å². The van der Waals surface area contributed by atoms with Crippen LogP contribution >= 0.6 is 0 Å². The molecule has 1 heterocycles. The first-order valence-corrected chi connectivity index (χ1v) is 8.93. The van der Waals surface area contributed by atoms with Crippen molar-refractivity contribution in [2.45, 2.75) is 70.8 Å². The van der Waals surface area contributed by atoms with Crippen molar-refractivity contribution in [2.24, 2.45) is 5.92 Å². The Bertz CT molecular complexity index is 468. The second kappa shape index (κ2) is 6.12. The third kappa shape index (κ3) is 3.04. The summed E-state index contributed by atoms with van der Waals surface area (Å²) in [6.45, 7) is 9.71. The summed E-state index contributed by atoms with van der Waals surface area (Å²) in [4.78, 5) is 2.74. The van der Waals surface area contributed by atoms with E-state index in [2.05, 4.69) is 49.9 Å². The van der Waals surface area contributed by atoms with Crippen LogP contribution in [0.3, 0.4) is 0 Å². The lowest BCUT2D eigenvalue weighted by Gasteiger charge is -2.42. The number of hydrogen-bond donors (Lipinski definition) is 0. The maximum atomic E-state index is 2.74. The number of aryl methyl sites for hydroxylation is 1. The minimum absolute atomic E-state index is 0.519. The van der Waals surface area contributed by atoms with Crippen molar-refractivity contribution in [3.63, 3.8) is 0 Å². The van der Waals surface area contributed by atoms with E-state index in [9.17, 15) is 0 Å². The maximum Gasteiger partial charge on any atom is 0.00670 e. The highest BCUT2D eigenvalue weighted by Crippen LogP contribution is 2.46. The van der Waals surface area contributed by atoms with Crippen LogP contribution in [0.1, 0.15) is 64.0 Å². The number of piperidine rings is 1. The lowest BCUT2D eigenvalue weighted by Crippen LogP contribution is -2.45. The number of fused-ring (bicyclic) bond motifs is 2. The fourth-order valence-corrected chi connectivity index (χ4v) is 4.43. The number of nitrogens with zero attached hydrogens (tertiary/aromatic N) is 1. The highest BCUT2D eigenvalue weighted by atomic mass is 15.2. The van der Waals surface area contributed by atoms with Gasteiger partial charge in [0.25, 0.3) is 0 Å². The lowest BCUT2D eigenvalue weighted by molar-refractivity contribution is 0.114. The summed E-state index contributed by atoms with van der Waals surface area (Å²) in [7, 11) is 0. The van der Waals surface area contributed by atoms with Gasteiger partial charge in [-0.2, -0.15) is 0 Å². The molecule has 1 aromatic carbocycles. The molecule has 1 unspecified atom stereocenters. The molecule has 1 aromatic rings. The molecule has 0 amide bonds. The highest BCUT2D eigenvalue weighted by molar-refractivity contribution is 5.39. The van der Waals surface area contributed by atoms with E-state index in [1.54, 1.807) is 11.1 Å². The number of likely N-dealkylation sites (tertiary alicyclic amines) is 1. The standard InChI is InChI=1S/C20H31N/c1-16(2)8-9-17(3)21-14-12-20(13-15-21)11-10-18-6-4-5-7-19(18)20/h4-7,16-17H,8-15H2,1-3H3. The summed E-state index contributed by atoms with van der Waals surface area (Å²) in [6, 6.07) is 9.97. The molecule has 1 heteroatoms. The Hall–Kier alpha value is -0.820. The molecule has 1 spiro atoms. The van der Waals surface area contributed by atoms with E-state index in [1.807, 2.05) is 0 Å². The Morgan fingerprint density at radius 2 is 1.71 bits per heavy atom. The molecular weight excluding hydrogens is 254 g/mol. The van der Waals surface area contributed by atoms with Crippen molar-refractivity contribution in [1.29, 1.82) is 0 Å². The van der Waals surface area contributed by atoms with Gasteiger partial charge in [-0.05, 0) is 81.0 Å². The SMILES string of the molecule is CC(C)CCC(C)N1CCC2(CCc3ccccc32)CC1. The van der Waals surface area contributed by atoms with Gasteiger partial charge in [-0.1, -0.05) is 38.1 Å². The van der Waals surface area contributed by atoms with Gasteiger partial charge in [-0.3, -0.25) is 0 Å². The molecule has 21 heavy (non-hydrogen) atoms. The summed E-state index contributed by atoms with van der Waals surface area (Å²) in [5.74, 6) is 0.838. The van der Waals surface area contributed by atoms with Crippen LogP contribution in [0.5, 0.6) is 0 Å². The van der Waals surface area contributed by atoms with Crippen LogP contribution in [-0.4, -0.2) is 24.0 Å². The summed E-state index contributed by atoms with van der Waals surface area (Å²) in [5.41, 5.74) is 3.82. The van der Waals surface area contributed by atoms with Gasteiger partial charge in [0, 0.05) is 6.04 Å². The van der Waals surface area contributed by atoms with Crippen molar-refractivity contribution < 1.29 is 0 Å². The van der Waals surface area contributed by atoms with E-state index < -0.39 is 0 Å². The number of hydrogen-bond acceptors (Lipinski definition) is 1. The Labute approximate surface area is 130 Å². The summed E-state index contributed by atoms with van der Waals surface area (Å²) >= 11 is 0. The molecule has 2 aliphatic rings.